The molecular formula is C10H11F7O2. The monoisotopic (exact) mass is 296 g/mol. The van der Waals surface area contributed by atoms with Gasteiger partial charge in [-0.1, -0.05) is 20.4 Å². The lowest BCUT2D eigenvalue weighted by Gasteiger charge is -2.35. The van der Waals surface area contributed by atoms with Gasteiger partial charge < -0.3 is 4.74 Å². The van der Waals surface area contributed by atoms with Crippen LogP contribution in [0, 0.1) is 5.92 Å². The Balaban J connectivity index is 5.54. The Morgan fingerprint density at radius 3 is 1.79 bits per heavy atom. The highest BCUT2D eigenvalue weighted by Crippen LogP contribution is 2.49. The molecule has 0 fully saturated rings. The number of rotatable bonds is 5. The van der Waals surface area contributed by atoms with E-state index >= 15 is 0 Å². The molecule has 0 amide bonds. The fourth-order valence-electron chi connectivity index (χ4n) is 1.17. The Hall–Kier alpha value is -1.28. The van der Waals surface area contributed by atoms with Gasteiger partial charge in [-0.25, -0.2) is 4.79 Å². The normalized spacial score (nSPS) is 15.3. The van der Waals surface area contributed by atoms with E-state index in [1.165, 1.54) is 0 Å². The van der Waals surface area contributed by atoms with Gasteiger partial charge in [-0.15, -0.1) is 0 Å². The van der Waals surface area contributed by atoms with E-state index in [0.29, 0.717) is 6.08 Å². The third-order valence-electron chi connectivity index (χ3n) is 2.15. The Labute approximate surface area is 104 Å². The molecule has 1 unspecified atom stereocenters. The van der Waals surface area contributed by atoms with Gasteiger partial charge in [0, 0.05) is 6.08 Å². The second kappa shape index (κ2) is 5.38. The summed E-state index contributed by atoms with van der Waals surface area (Å²) in [7, 11) is 0. The first kappa shape index (κ1) is 17.7. The van der Waals surface area contributed by atoms with Gasteiger partial charge in [0.05, 0.1) is 0 Å². The van der Waals surface area contributed by atoms with Crippen LogP contribution in [-0.4, -0.2) is 30.1 Å². The summed E-state index contributed by atoms with van der Waals surface area (Å²) < 4.78 is 92.1. The van der Waals surface area contributed by atoms with Gasteiger partial charge in [0.2, 0.25) is 0 Å². The minimum absolute atomic E-state index is 0.386. The molecule has 2 nitrogen and oxygen atoms in total. The topological polar surface area (TPSA) is 26.3 Å². The van der Waals surface area contributed by atoms with Gasteiger partial charge >= 0.3 is 24.0 Å². The van der Waals surface area contributed by atoms with Crippen LogP contribution in [0.2, 0.25) is 0 Å². The lowest BCUT2D eigenvalue weighted by atomic mass is 9.95. The van der Waals surface area contributed by atoms with E-state index in [2.05, 4.69) is 11.3 Å². The summed E-state index contributed by atoms with van der Waals surface area (Å²) in [5, 5.41) is 0. The molecule has 0 aromatic carbocycles. The predicted molar refractivity (Wildman–Crippen MR) is 50.9 cm³/mol. The number of hydrogen-bond donors (Lipinski definition) is 0. The van der Waals surface area contributed by atoms with Gasteiger partial charge in [0.25, 0.3) is 0 Å². The van der Waals surface area contributed by atoms with Crippen LogP contribution in [0.4, 0.5) is 30.7 Å². The maximum atomic E-state index is 13.3. The van der Waals surface area contributed by atoms with Crippen molar-refractivity contribution in [2.24, 2.45) is 5.92 Å². The average molecular weight is 296 g/mol. The average Bonchev–Trinajstić information content (AvgIpc) is 2.22. The maximum absolute atomic E-state index is 13.3. The van der Waals surface area contributed by atoms with Crippen molar-refractivity contribution in [1.29, 1.82) is 0 Å². The van der Waals surface area contributed by atoms with Crippen LogP contribution >= 0.6 is 0 Å². The Bertz CT molecular complexity index is 346. The zero-order valence-electron chi connectivity index (χ0n) is 9.90. The van der Waals surface area contributed by atoms with E-state index in [9.17, 15) is 35.5 Å². The molecule has 0 N–H and O–H groups in total. The highest BCUT2D eigenvalue weighted by Gasteiger charge is 2.76. The minimum Gasteiger partial charge on any atom is -0.452 e. The Morgan fingerprint density at radius 2 is 1.53 bits per heavy atom. The van der Waals surface area contributed by atoms with Crippen molar-refractivity contribution in [1.82, 2.24) is 0 Å². The van der Waals surface area contributed by atoms with Crippen molar-refractivity contribution in [2.75, 3.05) is 0 Å². The van der Waals surface area contributed by atoms with Gasteiger partial charge in [-0.2, -0.15) is 30.7 Å². The quantitative estimate of drug-likeness (QED) is 0.440. The van der Waals surface area contributed by atoms with Gasteiger partial charge in [0.1, 0.15) is 0 Å². The molecular weight excluding hydrogens is 285 g/mol. The molecule has 0 radical (unpaired) electrons. The largest absolute Gasteiger partial charge is 0.460 e. The van der Waals surface area contributed by atoms with Crippen LogP contribution in [-0.2, 0) is 9.53 Å². The molecule has 0 aliphatic carbocycles. The smallest absolute Gasteiger partial charge is 0.452 e. The van der Waals surface area contributed by atoms with Crippen LogP contribution in [0.15, 0.2) is 12.7 Å². The van der Waals surface area contributed by atoms with Gasteiger partial charge in [-0.05, 0) is 5.92 Å². The molecule has 0 saturated heterocycles. The summed E-state index contributed by atoms with van der Waals surface area (Å²) in [4.78, 5) is 10.8. The second-order valence-electron chi connectivity index (χ2n) is 4.00. The summed E-state index contributed by atoms with van der Waals surface area (Å²) in [6, 6.07) is 0. The molecule has 9 heteroatoms. The van der Waals surface area contributed by atoms with Crippen molar-refractivity contribution in [2.45, 2.75) is 38.0 Å². The highest BCUT2D eigenvalue weighted by molar-refractivity contribution is 5.81. The minimum atomic E-state index is -6.47. The first-order valence-electron chi connectivity index (χ1n) is 4.94. The lowest BCUT2D eigenvalue weighted by Crippen LogP contribution is -2.60. The Kier molecular flexibility index (Phi) is 5.01. The van der Waals surface area contributed by atoms with E-state index in [-0.39, 0.29) is 0 Å². The summed E-state index contributed by atoms with van der Waals surface area (Å²) in [6.45, 7) is 4.67. The number of halogens is 7. The van der Waals surface area contributed by atoms with Crippen molar-refractivity contribution in [3.8, 4) is 0 Å². The SMILES string of the molecule is C=CC(=O)OC(C(C)C)C(F)(F)C(F)(F)C(F)(F)F. The van der Waals surface area contributed by atoms with Crippen LogP contribution in [0.3, 0.4) is 0 Å². The summed E-state index contributed by atoms with van der Waals surface area (Å²) in [5.74, 6) is -14.9. The molecule has 112 valence electrons. The summed E-state index contributed by atoms with van der Waals surface area (Å²) in [5.41, 5.74) is 0. The lowest BCUT2D eigenvalue weighted by molar-refractivity contribution is -0.373. The standard InChI is InChI=1S/C10H11F7O2/c1-4-6(18)19-7(5(2)3)8(11,12)9(13,14)10(15,16)17/h4-5,7H,1H2,2-3H3. The number of hydrogen-bond acceptors (Lipinski definition) is 2. The van der Waals surface area contributed by atoms with Gasteiger partial charge in [-0.3, -0.25) is 0 Å². The molecule has 19 heavy (non-hydrogen) atoms. The molecule has 0 aliphatic rings. The third kappa shape index (κ3) is 3.38. The van der Waals surface area contributed by atoms with E-state index in [1.54, 1.807) is 0 Å². The number of carbonyl (C=O) groups is 1. The van der Waals surface area contributed by atoms with E-state index in [1.807, 2.05) is 0 Å². The number of ether oxygens (including phenoxy) is 1. The predicted octanol–water partition coefficient (Wildman–Crippen LogP) is 3.57. The molecule has 0 aliphatic heterocycles. The summed E-state index contributed by atoms with van der Waals surface area (Å²) in [6.07, 6.45) is -9.02. The van der Waals surface area contributed by atoms with Crippen LogP contribution in [0.5, 0.6) is 0 Å². The van der Waals surface area contributed by atoms with Crippen LogP contribution in [0.25, 0.3) is 0 Å². The fourth-order valence-corrected chi connectivity index (χ4v) is 1.17. The van der Waals surface area contributed by atoms with Crippen LogP contribution in [0.1, 0.15) is 13.8 Å². The van der Waals surface area contributed by atoms with E-state index < -0.39 is 36.0 Å². The van der Waals surface area contributed by atoms with Crippen molar-refractivity contribution >= 4 is 5.97 Å². The van der Waals surface area contributed by atoms with E-state index in [4.69, 9.17) is 0 Å². The highest BCUT2D eigenvalue weighted by atomic mass is 19.4. The zero-order valence-corrected chi connectivity index (χ0v) is 9.90. The molecule has 0 bridgehead atoms. The molecule has 0 spiro atoms. The van der Waals surface area contributed by atoms with Crippen molar-refractivity contribution in [3.05, 3.63) is 12.7 Å². The molecule has 0 heterocycles. The molecule has 0 aromatic heterocycles. The molecule has 1 atom stereocenters. The first-order valence-corrected chi connectivity index (χ1v) is 4.94. The second-order valence-corrected chi connectivity index (χ2v) is 4.00. The van der Waals surface area contributed by atoms with Gasteiger partial charge in [0.15, 0.2) is 6.10 Å². The Morgan fingerprint density at radius 1 is 1.11 bits per heavy atom. The maximum Gasteiger partial charge on any atom is 0.460 e. The zero-order chi connectivity index (χ0) is 15.6. The number of alkyl halides is 7. The fraction of sp³-hybridized carbons (Fsp3) is 0.700. The third-order valence-corrected chi connectivity index (χ3v) is 2.15. The number of carbonyl (C=O) groups excluding carboxylic acids is 1. The first-order chi connectivity index (χ1) is 8.29. The van der Waals surface area contributed by atoms with Crippen molar-refractivity contribution < 1.29 is 40.3 Å². The molecule has 0 saturated carbocycles. The number of esters is 1. The van der Waals surface area contributed by atoms with E-state index in [0.717, 1.165) is 13.8 Å². The summed E-state index contributed by atoms with van der Waals surface area (Å²) >= 11 is 0. The van der Waals surface area contributed by atoms with Crippen molar-refractivity contribution in [3.63, 3.8) is 0 Å². The van der Waals surface area contributed by atoms with Crippen LogP contribution < -0.4 is 0 Å². The molecule has 0 aromatic rings. The molecule has 0 rings (SSSR count).